The molecule has 2 aromatic carbocycles. The minimum absolute atomic E-state index is 0.968. The molecule has 1 heterocycles. The average molecular weight is 308 g/mol. The fraction of sp³-hybridized carbons (Fsp3) is 0.263. The minimum Gasteiger partial charge on any atom is -0.149 e. The molecule has 0 fully saturated rings. The van der Waals surface area contributed by atoms with E-state index in [0.29, 0.717) is 0 Å². The predicted octanol–water partition coefficient (Wildman–Crippen LogP) is 5.50. The molecule has 3 aromatic rings. The molecule has 22 heavy (non-hydrogen) atoms. The van der Waals surface area contributed by atoms with Gasteiger partial charge in [0.05, 0.1) is 0 Å². The Morgan fingerprint density at radius 1 is 0.909 bits per heavy atom. The third kappa shape index (κ3) is 3.14. The third-order valence-corrected chi connectivity index (χ3v) is 4.78. The molecule has 0 saturated heterocycles. The summed E-state index contributed by atoms with van der Waals surface area (Å²) in [5.74, 6) is 1.10. The second-order valence-corrected chi connectivity index (χ2v) is 6.55. The van der Waals surface area contributed by atoms with Crippen LogP contribution in [0.1, 0.15) is 25.3 Å². The Kier molecular flexibility index (Phi) is 4.74. The summed E-state index contributed by atoms with van der Waals surface area (Å²) >= 11 is 1.81. The summed E-state index contributed by atoms with van der Waals surface area (Å²) < 4.78 is 0. The molecule has 3 heteroatoms. The maximum Gasteiger partial charge on any atom is 0.127 e. The first kappa shape index (κ1) is 15.0. The van der Waals surface area contributed by atoms with Gasteiger partial charge in [0.1, 0.15) is 10.7 Å². The molecule has 0 atom stereocenters. The number of hydrogen-bond acceptors (Lipinski definition) is 3. The Bertz CT molecular complexity index is 766. The number of aryl methyl sites for hydroxylation is 1. The molecule has 0 aliphatic carbocycles. The summed E-state index contributed by atoms with van der Waals surface area (Å²) in [5.41, 5.74) is 3.35. The number of nitrogens with zero attached hydrogens (tertiary/aromatic N) is 2. The van der Waals surface area contributed by atoms with Gasteiger partial charge in [0, 0.05) is 16.3 Å². The van der Waals surface area contributed by atoms with E-state index in [9.17, 15) is 0 Å². The van der Waals surface area contributed by atoms with Crippen LogP contribution in [0.2, 0.25) is 0 Å². The van der Waals surface area contributed by atoms with Gasteiger partial charge in [0.2, 0.25) is 0 Å². The normalized spacial score (nSPS) is 11.0. The van der Waals surface area contributed by atoms with E-state index in [1.807, 2.05) is 11.8 Å². The Balaban J connectivity index is 2.06. The van der Waals surface area contributed by atoms with Crippen molar-refractivity contribution in [1.82, 2.24) is 10.2 Å². The first-order valence-electron chi connectivity index (χ1n) is 7.75. The van der Waals surface area contributed by atoms with E-state index in [4.69, 9.17) is 0 Å². The molecule has 1 aromatic heterocycles. The van der Waals surface area contributed by atoms with Crippen molar-refractivity contribution in [2.45, 2.75) is 31.7 Å². The van der Waals surface area contributed by atoms with Crippen molar-refractivity contribution in [3.63, 3.8) is 0 Å². The lowest BCUT2D eigenvalue weighted by Crippen LogP contribution is -1.94. The van der Waals surface area contributed by atoms with E-state index in [1.165, 1.54) is 29.2 Å². The van der Waals surface area contributed by atoms with Crippen LogP contribution in [0.3, 0.4) is 0 Å². The van der Waals surface area contributed by atoms with Gasteiger partial charge in [-0.25, -0.2) is 0 Å². The van der Waals surface area contributed by atoms with E-state index >= 15 is 0 Å². The predicted molar refractivity (Wildman–Crippen MR) is 95.3 cm³/mol. The summed E-state index contributed by atoms with van der Waals surface area (Å²) in [6, 6.07) is 16.9. The van der Waals surface area contributed by atoms with Gasteiger partial charge in [-0.05, 0) is 19.1 Å². The number of fused-ring (bicyclic) bond motifs is 1. The Morgan fingerprint density at radius 2 is 1.64 bits per heavy atom. The maximum absolute atomic E-state index is 4.51. The Hall–Kier alpha value is -1.87. The molecular weight excluding hydrogens is 288 g/mol. The summed E-state index contributed by atoms with van der Waals surface area (Å²) in [6.45, 7) is 4.31. The monoisotopic (exact) mass is 308 g/mol. The van der Waals surface area contributed by atoms with Gasteiger partial charge < -0.3 is 0 Å². The minimum atomic E-state index is 0.968. The lowest BCUT2D eigenvalue weighted by atomic mass is 10.0. The molecule has 2 nitrogen and oxygen atoms in total. The average Bonchev–Trinajstić information content (AvgIpc) is 2.56. The van der Waals surface area contributed by atoms with Crippen LogP contribution < -0.4 is 0 Å². The number of aromatic nitrogens is 2. The number of thioether (sulfide) groups is 1. The smallest absolute Gasteiger partial charge is 0.127 e. The molecule has 0 saturated carbocycles. The maximum atomic E-state index is 4.51. The van der Waals surface area contributed by atoms with Crippen LogP contribution in [0.5, 0.6) is 0 Å². The summed E-state index contributed by atoms with van der Waals surface area (Å²) in [7, 11) is 0. The molecule has 0 aliphatic heterocycles. The van der Waals surface area contributed by atoms with Crippen LogP contribution in [0.4, 0.5) is 0 Å². The lowest BCUT2D eigenvalue weighted by Gasteiger charge is -2.09. The fourth-order valence-electron chi connectivity index (χ4n) is 2.42. The van der Waals surface area contributed by atoms with Crippen LogP contribution in [0.25, 0.3) is 22.0 Å². The summed E-state index contributed by atoms with van der Waals surface area (Å²) in [5, 5.41) is 12.4. The van der Waals surface area contributed by atoms with Crippen LogP contribution in [0.15, 0.2) is 53.6 Å². The zero-order valence-electron chi connectivity index (χ0n) is 13.0. The highest BCUT2D eigenvalue weighted by Crippen LogP contribution is 2.32. The molecule has 112 valence electrons. The highest BCUT2D eigenvalue weighted by molar-refractivity contribution is 7.99. The number of benzene rings is 2. The van der Waals surface area contributed by atoms with Crippen molar-refractivity contribution in [2.24, 2.45) is 0 Å². The van der Waals surface area contributed by atoms with E-state index in [2.05, 4.69) is 72.6 Å². The van der Waals surface area contributed by atoms with E-state index in [1.54, 1.807) is 0 Å². The van der Waals surface area contributed by atoms with Crippen LogP contribution >= 0.6 is 11.8 Å². The standard InChI is InChI=1S/C19H20N2S/c1-3-4-13-22-19-17-8-6-5-7-16(17)18(20-21-19)15-11-9-14(2)10-12-15/h5-12H,3-4,13H2,1-2H3. The highest BCUT2D eigenvalue weighted by Gasteiger charge is 2.10. The van der Waals surface area contributed by atoms with Gasteiger partial charge in [-0.15, -0.1) is 22.0 Å². The second-order valence-electron chi connectivity index (χ2n) is 5.47. The molecular formula is C19H20N2S. The van der Waals surface area contributed by atoms with Crippen molar-refractivity contribution in [2.75, 3.05) is 5.75 Å². The lowest BCUT2D eigenvalue weighted by molar-refractivity contribution is 0.891. The van der Waals surface area contributed by atoms with E-state index in [-0.39, 0.29) is 0 Å². The largest absolute Gasteiger partial charge is 0.149 e. The summed E-state index contributed by atoms with van der Waals surface area (Å²) in [6.07, 6.45) is 2.42. The molecule has 0 aliphatic rings. The van der Waals surface area contributed by atoms with Crippen LogP contribution in [-0.2, 0) is 0 Å². The van der Waals surface area contributed by atoms with Gasteiger partial charge in [0.15, 0.2) is 0 Å². The van der Waals surface area contributed by atoms with Gasteiger partial charge in [0.25, 0.3) is 0 Å². The van der Waals surface area contributed by atoms with Crippen molar-refractivity contribution < 1.29 is 0 Å². The fourth-order valence-corrected chi connectivity index (χ4v) is 3.48. The molecule has 3 rings (SSSR count). The van der Waals surface area contributed by atoms with Crippen molar-refractivity contribution in [3.8, 4) is 11.3 Å². The molecule has 0 spiro atoms. The van der Waals surface area contributed by atoms with Gasteiger partial charge in [-0.3, -0.25) is 0 Å². The van der Waals surface area contributed by atoms with E-state index < -0.39 is 0 Å². The van der Waals surface area contributed by atoms with E-state index in [0.717, 1.165) is 22.0 Å². The number of unbranched alkanes of at least 4 members (excludes halogenated alkanes) is 1. The van der Waals surface area contributed by atoms with Gasteiger partial charge in [-0.2, -0.15) is 0 Å². The molecule has 0 radical (unpaired) electrons. The molecule has 0 bridgehead atoms. The van der Waals surface area contributed by atoms with Crippen molar-refractivity contribution in [1.29, 1.82) is 0 Å². The van der Waals surface area contributed by atoms with Gasteiger partial charge in [-0.1, -0.05) is 67.4 Å². The second kappa shape index (κ2) is 6.93. The molecule has 0 unspecified atom stereocenters. The molecule has 0 N–H and O–H groups in total. The highest BCUT2D eigenvalue weighted by atomic mass is 32.2. The number of rotatable bonds is 5. The van der Waals surface area contributed by atoms with Crippen molar-refractivity contribution in [3.05, 3.63) is 54.1 Å². The van der Waals surface area contributed by atoms with Crippen molar-refractivity contribution >= 4 is 22.5 Å². The van der Waals surface area contributed by atoms with Crippen LogP contribution in [0, 0.1) is 6.92 Å². The first-order chi connectivity index (χ1) is 10.8. The van der Waals surface area contributed by atoms with Crippen LogP contribution in [-0.4, -0.2) is 16.0 Å². The number of hydrogen-bond donors (Lipinski definition) is 0. The zero-order valence-corrected chi connectivity index (χ0v) is 13.9. The summed E-state index contributed by atoms with van der Waals surface area (Å²) in [4.78, 5) is 0. The zero-order chi connectivity index (χ0) is 15.4. The molecule has 0 amide bonds. The third-order valence-electron chi connectivity index (χ3n) is 3.72. The topological polar surface area (TPSA) is 25.8 Å². The quantitative estimate of drug-likeness (QED) is 0.460. The first-order valence-corrected chi connectivity index (χ1v) is 8.73. The Labute approximate surface area is 136 Å². The SMILES string of the molecule is CCCCSc1nnc(-c2ccc(C)cc2)c2ccccc12. The van der Waals surface area contributed by atoms with Gasteiger partial charge >= 0.3 is 0 Å². The Morgan fingerprint density at radius 3 is 2.36 bits per heavy atom.